The number of hydrogen-bond donors (Lipinski definition) is 1. The summed E-state index contributed by atoms with van der Waals surface area (Å²) in [4.78, 5) is 20.1. The molecule has 176 valence electrons. The van der Waals surface area contributed by atoms with Crippen LogP contribution in [0.15, 0.2) is 72.7 Å². The molecule has 2 aromatic heterocycles. The molecule has 1 N–H and O–H groups in total. The maximum atomic E-state index is 12.7. The van der Waals surface area contributed by atoms with Gasteiger partial charge in [-0.25, -0.2) is 4.98 Å². The normalized spacial score (nSPS) is 16.1. The van der Waals surface area contributed by atoms with Crippen LogP contribution >= 0.6 is 0 Å². The highest BCUT2D eigenvalue weighted by Crippen LogP contribution is 2.33. The van der Waals surface area contributed by atoms with Gasteiger partial charge in [-0.2, -0.15) is 13.2 Å². The molecular formula is C26H24F3N3O2. The summed E-state index contributed by atoms with van der Waals surface area (Å²) in [5.41, 5.74) is 3.23. The van der Waals surface area contributed by atoms with Gasteiger partial charge in [-0.1, -0.05) is 17.7 Å². The van der Waals surface area contributed by atoms with Gasteiger partial charge in [-0.3, -0.25) is 9.78 Å². The molecular weight excluding hydrogens is 443 g/mol. The zero-order valence-corrected chi connectivity index (χ0v) is 18.6. The number of benzene rings is 1. The van der Waals surface area contributed by atoms with E-state index >= 15 is 0 Å². The van der Waals surface area contributed by atoms with Crippen LogP contribution in [-0.2, 0) is 6.18 Å². The molecule has 1 amide bonds. The molecule has 0 aliphatic heterocycles. The van der Waals surface area contributed by atoms with Gasteiger partial charge >= 0.3 is 6.18 Å². The Bertz CT molecular complexity index is 1170. The van der Waals surface area contributed by atoms with Crippen LogP contribution in [0.25, 0.3) is 5.57 Å². The standard InChI is InChI=1S/C26H24F3N3O2/c1-17(18-5-8-22(9-6-18)32-25(33)19-11-13-30-14-12-19)20-3-2-4-23(15-20)34-24-10-7-21(16-31-24)26(27,28)29/h2-4,7,10-16,22H,5-6,8-9H2,1H3,(H,32,33). The van der Waals surface area contributed by atoms with Gasteiger partial charge in [0.05, 0.1) is 5.56 Å². The molecule has 1 saturated carbocycles. The number of aromatic nitrogens is 2. The molecule has 1 aliphatic carbocycles. The number of amides is 1. The third-order valence-electron chi connectivity index (χ3n) is 5.95. The SMILES string of the molecule is CC(=C1CCC(NC(=O)c2ccncc2)CC1)c1cccc(Oc2ccc(C(F)(F)F)cn2)c1. The van der Waals surface area contributed by atoms with Crippen molar-refractivity contribution in [3.63, 3.8) is 0 Å². The maximum absolute atomic E-state index is 12.7. The minimum atomic E-state index is -4.43. The fourth-order valence-corrected chi connectivity index (χ4v) is 3.98. The molecule has 34 heavy (non-hydrogen) atoms. The van der Waals surface area contributed by atoms with Gasteiger partial charge in [0.25, 0.3) is 5.91 Å². The third-order valence-corrected chi connectivity index (χ3v) is 5.95. The number of carbonyl (C=O) groups is 1. The Morgan fingerprint density at radius 1 is 1.03 bits per heavy atom. The van der Waals surface area contributed by atoms with Gasteiger partial charge in [0, 0.05) is 36.3 Å². The van der Waals surface area contributed by atoms with Crippen molar-refractivity contribution in [1.82, 2.24) is 15.3 Å². The molecule has 8 heteroatoms. The van der Waals surface area contributed by atoms with Gasteiger partial charge in [0.1, 0.15) is 5.75 Å². The second-order valence-electron chi connectivity index (χ2n) is 8.22. The zero-order valence-electron chi connectivity index (χ0n) is 18.6. The summed E-state index contributed by atoms with van der Waals surface area (Å²) in [7, 11) is 0. The third kappa shape index (κ3) is 5.81. The number of ether oxygens (including phenoxy) is 1. The number of halogens is 3. The predicted octanol–water partition coefficient (Wildman–Crippen LogP) is 6.43. The van der Waals surface area contributed by atoms with Crippen LogP contribution in [0.2, 0.25) is 0 Å². The Labute approximate surface area is 195 Å². The van der Waals surface area contributed by atoms with E-state index in [0.29, 0.717) is 11.3 Å². The van der Waals surface area contributed by atoms with Crippen LogP contribution in [0.3, 0.4) is 0 Å². The zero-order chi connectivity index (χ0) is 24.1. The lowest BCUT2D eigenvalue weighted by Gasteiger charge is -2.26. The molecule has 1 aliphatic rings. The van der Waals surface area contributed by atoms with E-state index in [1.165, 1.54) is 11.6 Å². The quantitative estimate of drug-likeness (QED) is 0.469. The van der Waals surface area contributed by atoms with Crippen molar-refractivity contribution in [3.8, 4) is 11.6 Å². The van der Waals surface area contributed by atoms with E-state index in [9.17, 15) is 18.0 Å². The van der Waals surface area contributed by atoms with Crippen LogP contribution in [0, 0.1) is 0 Å². The number of hydrogen-bond acceptors (Lipinski definition) is 4. The predicted molar refractivity (Wildman–Crippen MR) is 122 cm³/mol. The first-order valence-corrected chi connectivity index (χ1v) is 11.0. The number of allylic oxidation sites excluding steroid dienone is 2. The summed E-state index contributed by atoms with van der Waals surface area (Å²) in [6, 6.07) is 13.1. The second-order valence-corrected chi connectivity index (χ2v) is 8.22. The van der Waals surface area contributed by atoms with Gasteiger partial charge in [-0.05, 0) is 74.1 Å². The van der Waals surface area contributed by atoms with Gasteiger partial charge in [0.15, 0.2) is 0 Å². The second kappa shape index (κ2) is 10.1. The summed E-state index contributed by atoms with van der Waals surface area (Å²) >= 11 is 0. The van der Waals surface area contributed by atoms with Crippen LogP contribution in [-0.4, -0.2) is 21.9 Å². The first-order chi connectivity index (χ1) is 16.3. The summed E-state index contributed by atoms with van der Waals surface area (Å²) in [6.07, 6.45) is 2.99. The Morgan fingerprint density at radius 2 is 1.76 bits per heavy atom. The number of carbonyl (C=O) groups excluding carboxylic acids is 1. The number of nitrogens with zero attached hydrogens (tertiary/aromatic N) is 2. The Morgan fingerprint density at radius 3 is 2.41 bits per heavy atom. The fourth-order valence-electron chi connectivity index (χ4n) is 3.98. The van der Waals surface area contributed by atoms with Crippen molar-refractivity contribution < 1.29 is 22.7 Å². The summed E-state index contributed by atoms with van der Waals surface area (Å²) in [5.74, 6) is 0.516. The molecule has 3 aromatic rings. The number of alkyl halides is 3. The Balaban J connectivity index is 1.38. The molecule has 0 saturated heterocycles. The van der Waals surface area contributed by atoms with Crippen molar-refractivity contribution in [2.24, 2.45) is 0 Å². The smallest absolute Gasteiger partial charge is 0.417 e. The van der Waals surface area contributed by atoms with Crippen LogP contribution < -0.4 is 10.1 Å². The topological polar surface area (TPSA) is 64.1 Å². The highest BCUT2D eigenvalue weighted by atomic mass is 19.4. The van der Waals surface area contributed by atoms with Crippen LogP contribution in [0.5, 0.6) is 11.6 Å². The van der Waals surface area contributed by atoms with E-state index in [1.807, 2.05) is 18.2 Å². The molecule has 4 rings (SSSR count). The van der Waals surface area contributed by atoms with Crippen LogP contribution in [0.4, 0.5) is 13.2 Å². The van der Waals surface area contributed by atoms with Gasteiger partial charge < -0.3 is 10.1 Å². The summed E-state index contributed by atoms with van der Waals surface area (Å²) in [6.45, 7) is 2.06. The fraction of sp³-hybridized carbons (Fsp3) is 0.269. The molecule has 2 heterocycles. The van der Waals surface area contributed by atoms with E-state index < -0.39 is 11.7 Å². The largest absolute Gasteiger partial charge is 0.439 e. The number of nitrogens with one attached hydrogen (secondary N) is 1. The van der Waals surface area contributed by atoms with Crippen molar-refractivity contribution in [1.29, 1.82) is 0 Å². The minimum absolute atomic E-state index is 0.0849. The van der Waals surface area contributed by atoms with E-state index in [1.54, 1.807) is 30.6 Å². The van der Waals surface area contributed by atoms with Gasteiger partial charge in [0.2, 0.25) is 5.88 Å². The first kappa shape index (κ1) is 23.5. The summed E-state index contributed by atoms with van der Waals surface area (Å²) < 4.78 is 43.8. The molecule has 0 atom stereocenters. The van der Waals surface area contributed by atoms with E-state index in [0.717, 1.165) is 49.1 Å². The lowest BCUT2D eigenvalue weighted by molar-refractivity contribution is -0.137. The summed E-state index contributed by atoms with van der Waals surface area (Å²) in [5, 5.41) is 3.10. The van der Waals surface area contributed by atoms with Crippen LogP contribution in [0.1, 0.15) is 54.1 Å². The highest BCUT2D eigenvalue weighted by molar-refractivity contribution is 5.94. The van der Waals surface area contributed by atoms with Crippen molar-refractivity contribution in [2.45, 2.75) is 44.8 Å². The number of rotatable bonds is 5. The highest BCUT2D eigenvalue weighted by Gasteiger charge is 2.30. The average Bonchev–Trinajstić information content (AvgIpc) is 2.84. The lowest BCUT2D eigenvalue weighted by Crippen LogP contribution is -2.36. The van der Waals surface area contributed by atoms with E-state index in [-0.39, 0.29) is 17.8 Å². The monoisotopic (exact) mass is 467 g/mol. The average molecular weight is 467 g/mol. The van der Waals surface area contributed by atoms with Gasteiger partial charge in [-0.15, -0.1) is 0 Å². The molecule has 0 radical (unpaired) electrons. The number of pyridine rings is 2. The Kier molecular flexibility index (Phi) is 6.95. The maximum Gasteiger partial charge on any atom is 0.417 e. The molecule has 0 spiro atoms. The van der Waals surface area contributed by atoms with E-state index in [2.05, 4.69) is 22.2 Å². The lowest BCUT2D eigenvalue weighted by atomic mass is 9.86. The minimum Gasteiger partial charge on any atom is -0.439 e. The van der Waals surface area contributed by atoms with Crippen molar-refractivity contribution >= 4 is 11.5 Å². The first-order valence-electron chi connectivity index (χ1n) is 11.0. The Hall–Kier alpha value is -3.68. The van der Waals surface area contributed by atoms with Crippen molar-refractivity contribution in [2.75, 3.05) is 0 Å². The molecule has 1 aromatic carbocycles. The van der Waals surface area contributed by atoms with E-state index in [4.69, 9.17) is 4.74 Å². The van der Waals surface area contributed by atoms with Crippen molar-refractivity contribution in [3.05, 3.63) is 89.4 Å². The molecule has 1 fully saturated rings. The molecule has 0 bridgehead atoms. The molecule has 5 nitrogen and oxygen atoms in total. The molecule has 0 unspecified atom stereocenters.